The van der Waals surface area contributed by atoms with E-state index in [-0.39, 0.29) is 21.8 Å². The first-order chi connectivity index (χ1) is 8.50. The summed E-state index contributed by atoms with van der Waals surface area (Å²) in [6.45, 7) is 10.6. The van der Waals surface area contributed by atoms with Crippen LogP contribution in [-0.4, -0.2) is 10.5 Å². The number of benzene rings is 1. The zero-order chi connectivity index (χ0) is 14.8. The number of hydrogen-bond acceptors (Lipinski definition) is 2. The molecule has 0 unspecified atom stereocenters. The molecule has 4 heteroatoms. The minimum Gasteiger partial charge on any atom is -0.389 e. The molecule has 106 valence electrons. The third-order valence-electron chi connectivity index (χ3n) is 2.70. The van der Waals surface area contributed by atoms with E-state index in [9.17, 15) is 4.39 Å². The van der Waals surface area contributed by atoms with Gasteiger partial charge in [-0.05, 0) is 43.9 Å². The molecule has 0 aliphatic heterocycles. The predicted octanol–water partition coefficient (Wildman–Crippen LogP) is 4.09. The molecule has 0 aromatic heterocycles. The summed E-state index contributed by atoms with van der Waals surface area (Å²) in [6, 6.07) is 4.80. The van der Waals surface area contributed by atoms with Crippen molar-refractivity contribution >= 4 is 22.9 Å². The Hall–Kier alpha value is -1.16. The first kappa shape index (κ1) is 15.9. The lowest BCUT2D eigenvalue weighted by Gasteiger charge is -2.34. The summed E-state index contributed by atoms with van der Waals surface area (Å²) in [5, 5.41) is 3.25. The van der Waals surface area contributed by atoms with E-state index in [2.05, 4.69) is 39.9 Å². The van der Waals surface area contributed by atoms with Crippen molar-refractivity contribution in [2.45, 2.75) is 46.6 Å². The first-order valence-electron chi connectivity index (χ1n) is 6.38. The maximum atomic E-state index is 14.0. The van der Waals surface area contributed by atoms with Gasteiger partial charge in [0.05, 0.1) is 5.69 Å². The van der Waals surface area contributed by atoms with E-state index < -0.39 is 0 Å². The average Bonchev–Trinajstić information content (AvgIpc) is 2.16. The van der Waals surface area contributed by atoms with Crippen molar-refractivity contribution < 1.29 is 4.39 Å². The molecule has 0 saturated heterocycles. The van der Waals surface area contributed by atoms with Crippen LogP contribution in [0.3, 0.4) is 0 Å². The molecule has 0 radical (unpaired) electrons. The number of nitrogens with one attached hydrogen (secondary N) is 1. The lowest BCUT2D eigenvalue weighted by atomic mass is 9.81. The van der Waals surface area contributed by atoms with Crippen molar-refractivity contribution in [2.75, 3.05) is 5.32 Å². The van der Waals surface area contributed by atoms with Gasteiger partial charge in [0.2, 0.25) is 0 Å². The predicted molar refractivity (Wildman–Crippen MR) is 84.1 cm³/mol. The largest absolute Gasteiger partial charge is 0.389 e. The number of anilines is 1. The fourth-order valence-corrected chi connectivity index (χ4v) is 2.63. The van der Waals surface area contributed by atoms with Gasteiger partial charge in [-0.1, -0.05) is 33.0 Å². The molecule has 0 aliphatic carbocycles. The maximum Gasteiger partial charge on any atom is 0.146 e. The van der Waals surface area contributed by atoms with Crippen molar-refractivity contribution in [3.05, 3.63) is 29.6 Å². The molecule has 3 N–H and O–H groups in total. The molecule has 19 heavy (non-hydrogen) atoms. The van der Waals surface area contributed by atoms with Crippen LogP contribution < -0.4 is 11.1 Å². The van der Waals surface area contributed by atoms with Crippen molar-refractivity contribution in [1.29, 1.82) is 0 Å². The van der Waals surface area contributed by atoms with E-state index in [1.165, 1.54) is 6.07 Å². The third kappa shape index (κ3) is 5.15. The van der Waals surface area contributed by atoms with Crippen molar-refractivity contribution in [1.82, 2.24) is 0 Å². The summed E-state index contributed by atoms with van der Waals surface area (Å²) in [6.07, 6.45) is 0.927. The van der Waals surface area contributed by atoms with E-state index in [1.54, 1.807) is 12.1 Å². The molecule has 0 saturated carbocycles. The Bertz CT molecular complexity index is 476. The molecule has 0 atom stereocenters. The summed E-state index contributed by atoms with van der Waals surface area (Å²) in [7, 11) is 0. The summed E-state index contributed by atoms with van der Waals surface area (Å²) < 4.78 is 14.0. The minimum absolute atomic E-state index is 0.172. The number of rotatable bonds is 4. The molecule has 0 bridgehead atoms. The van der Waals surface area contributed by atoms with Crippen LogP contribution in [-0.2, 0) is 0 Å². The first-order valence-corrected chi connectivity index (χ1v) is 6.79. The van der Waals surface area contributed by atoms with Gasteiger partial charge < -0.3 is 11.1 Å². The van der Waals surface area contributed by atoms with Crippen LogP contribution in [0, 0.1) is 11.2 Å². The van der Waals surface area contributed by atoms with E-state index in [1.807, 2.05) is 0 Å². The summed E-state index contributed by atoms with van der Waals surface area (Å²) >= 11 is 4.84. The molecule has 0 amide bonds. The second kappa shape index (κ2) is 5.45. The maximum absolute atomic E-state index is 14.0. The SMILES string of the molecule is CC(C)(C)CC(C)(C)Nc1ccc(C(N)=S)cc1F. The highest BCUT2D eigenvalue weighted by Crippen LogP contribution is 2.30. The number of halogens is 1. The Morgan fingerprint density at radius 3 is 2.26 bits per heavy atom. The van der Waals surface area contributed by atoms with Crippen molar-refractivity contribution in [2.24, 2.45) is 11.1 Å². The number of hydrogen-bond donors (Lipinski definition) is 2. The normalized spacial score (nSPS) is 12.3. The molecule has 1 rings (SSSR count). The van der Waals surface area contributed by atoms with Gasteiger partial charge in [0.25, 0.3) is 0 Å². The third-order valence-corrected chi connectivity index (χ3v) is 2.93. The highest BCUT2D eigenvalue weighted by molar-refractivity contribution is 7.80. The van der Waals surface area contributed by atoms with E-state index in [0.29, 0.717) is 11.3 Å². The fraction of sp³-hybridized carbons (Fsp3) is 0.533. The Morgan fingerprint density at radius 2 is 1.84 bits per heavy atom. The molecule has 0 spiro atoms. The van der Waals surface area contributed by atoms with Gasteiger partial charge in [0.1, 0.15) is 10.8 Å². The zero-order valence-corrected chi connectivity index (χ0v) is 13.1. The average molecular weight is 282 g/mol. The van der Waals surface area contributed by atoms with E-state index in [4.69, 9.17) is 18.0 Å². The summed E-state index contributed by atoms with van der Waals surface area (Å²) in [5.41, 5.74) is 6.50. The van der Waals surface area contributed by atoms with E-state index >= 15 is 0 Å². The highest BCUT2D eigenvalue weighted by Gasteiger charge is 2.26. The van der Waals surface area contributed by atoms with Gasteiger partial charge in [0.15, 0.2) is 0 Å². The Morgan fingerprint density at radius 1 is 1.26 bits per heavy atom. The smallest absolute Gasteiger partial charge is 0.146 e. The summed E-state index contributed by atoms with van der Waals surface area (Å²) in [4.78, 5) is 0.208. The molecule has 2 nitrogen and oxygen atoms in total. The van der Waals surface area contributed by atoms with Crippen LogP contribution in [0.4, 0.5) is 10.1 Å². The lowest BCUT2D eigenvalue weighted by Crippen LogP contribution is -2.35. The molecule has 0 aliphatic rings. The second-order valence-electron chi connectivity index (χ2n) is 6.81. The quantitative estimate of drug-likeness (QED) is 0.817. The van der Waals surface area contributed by atoms with Crippen LogP contribution in [0.15, 0.2) is 18.2 Å². The molecule has 1 aromatic carbocycles. The van der Waals surface area contributed by atoms with Gasteiger partial charge >= 0.3 is 0 Å². The monoisotopic (exact) mass is 282 g/mol. The van der Waals surface area contributed by atoms with Crippen LogP contribution >= 0.6 is 12.2 Å². The molecular formula is C15H23FN2S. The van der Waals surface area contributed by atoms with E-state index in [0.717, 1.165) is 6.42 Å². The standard InChI is InChI=1S/C15H23FN2S/c1-14(2,3)9-15(4,5)18-12-7-6-10(13(17)19)8-11(12)16/h6-8,18H,9H2,1-5H3,(H2,17,19). The Balaban J connectivity index is 2.91. The van der Waals surface area contributed by atoms with Gasteiger partial charge in [-0.15, -0.1) is 0 Å². The van der Waals surface area contributed by atoms with Crippen LogP contribution in [0.2, 0.25) is 0 Å². The van der Waals surface area contributed by atoms with Gasteiger partial charge in [-0.25, -0.2) is 4.39 Å². The number of nitrogens with two attached hydrogens (primary N) is 1. The Labute approximate surface area is 120 Å². The Kier molecular flexibility index (Phi) is 4.56. The second-order valence-corrected chi connectivity index (χ2v) is 7.25. The fourth-order valence-electron chi connectivity index (χ4n) is 2.50. The van der Waals surface area contributed by atoms with Crippen LogP contribution in [0.5, 0.6) is 0 Å². The lowest BCUT2D eigenvalue weighted by molar-refractivity contribution is 0.302. The van der Waals surface area contributed by atoms with Gasteiger partial charge in [-0.2, -0.15) is 0 Å². The highest BCUT2D eigenvalue weighted by atomic mass is 32.1. The van der Waals surface area contributed by atoms with Crippen LogP contribution in [0.25, 0.3) is 0 Å². The van der Waals surface area contributed by atoms with Crippen molar-refractivity contribution in [3.63, 3.8) is 0 Å². The summed E-state index contributed by atoms with van der Waals surface area (Å²) in [5.74, 6) is -0.327. The molecule has 0 fully saturated rings. The zero-order valence-electron chi connectivity index (χ0n) is 12.3. The number of thiocarbonyl (C=S) groups is 1. The van der Waals surface area contributed by atoms with Gasteiger partial charge in [0, 0.05) is 11.1 Å². The minimum atomic E-state index is -0.327. The molecule has 1 aromatic rings. The molecular weight excluding hydrogens is 259 g/mol. The van der Waals surface area contributed by atoms with Gasteiger partial charge in [-0.3, -0.25) is 0 Å². The van der Waals surface area contributed by atoms with Crippen molar-refractivity contribution in [3.8, 4) is 0 Å². The molecule has 0 heterocycles. The van der Waals surface area contributed by atoms with Crippen LogP contribution in [0.1, 0.15) is 46.6 Å². The topological polar surface area (TPSA) is 38.0 Å².